The molecule has 5 heteroatoms. The van der Waals surface area contributed by atoms with Crippen LogP contribution < -0.4 is 0 Å². The van der Waals surface area contributed by atoms with E-state index in [0.717, 1.165) is 0 Å². The van der Waals surface area contributed by atoms with Gasteiger partial charge in [-0.05, 0) is 22.9 Å². The van der Waals surface area contributed by atoms with Gasteiger partial charge in [0.05, 0.1) is 4.47 Å². The Kier molecular flexibility index (Phi) is 2.03. The van der Waals surface area contributed by atoms with Crippen molar-refractivity contribution < 1.29 is 8.78 Å². The van der Waals surface area contributed by atoms with Crippen LogP contribution in [0, 0.1) is 6.92 Å². The highest BCUT2D eigenvalue weighted by Gasteiger charge is 2.16. The molecule has 10 heavy (non-hydrogen) atoms. The Morgan fingerprint density at radius 1 is 1.60 bits per heavy atom. The Hall–Kier alpha value is -0.450. The van der Waals surface area contributed by atoms with Crippen molar-refractivity contribution in [3.63, 3.8) is 0 Å². The molecule has 0 aliphatic heterocycles. The molecule has 1 aromatic heterocycles. The molecule has 0 aliphatic rings. The van der Waals surface area contributed by atoms with Gasteiger partial charge in [0, 0.05) is 5.69 Å². The lowest BCUT2D eigenvalue weighted by Gasteiger charge is -1.91. The van der Waals surface area contributed by atoms with Gasteiger partial charge in [0.1, 0.15) is 5.69 Å². The van der Waals surface area contributed by atoms with Gasteiger partial charge in [-0.25, -0.2) is 8.78 Å². The molecule has 0 atom stereocenters. The molecule has 0 aliphatic carbocycles. The van der Waals surface area contributed by atoms with E-state index in [9.17, 15) is 8.78 Å². The molecule has 0 radical (unpaired) electrons. The van der Waals surface area contributed by atoms with Gasteiger partial charge in [0.15, 0.2) is 0 Å². The van der Waals surface area contributed by atoms with E-state index in [2.05, 4.69) is 26.1 Å². The Balaban J connectivity index is 3.05. The van der Waals surface area contributed by atoms with Crippen molar-refractivity contribution in [1.29, 1.82) is 0 Å². The molecule has 1 N–H and O–H groups in total. The molecule has 0 spiro atoms. The first-order chi connectivity index (χ1) is 4.63. The summed E-state index contributed by atoms with van der Waals surface area (Å²) in [4.78, 5) is 0. The van der Waals surface area contributed by atoms with Crippen LogP contribution in [0.5, 0.6) is 0 Å². The molecule has 0 unspecified atom stereocenters. The zero-order chi connectivity index (χ0) is 7.72. The fourth-order valence-corrected chi connectivity index (χ4v) is 0.929. The third-order valence-electron chi connectivity index (χ3n) is 1.10. The predicted molar refractivity (Wildman–Crippen MR) is 36.0 cm³/mol. The van der Waals surface area contributed by atoms with Crippen LogP contribution in [-0.4, -0.2) is 10.2 Å². The first-order valence-electron chi connectivity index (χ1n) is 2.61. The van der Waals surface area contributed by atoms with Crippen molar-refractivity contribution in [3.05, 3.63) is 15.9 Å². The standard InChI is InChI=1S/C5H5BrF2N2/c1-2-3(6)4(5(7)8)10-9-2/h5H,1H3,(H,9,10). The molecule has 0 aromatic carbocycles. The maximum absolute atomic E-state index is 11.9. The zero-order valence-corrected chi connectivity index (χ0v) is 6.74. The second-order valence-electron chi connectivity index (χ2n) is 1.85. The van der Waals surface area contributed by atoms with Gasteiger partial charge in [-0.2, -0.15) is 5.10 Å². The number of H-pyrrole nitrogens is 1. The fraction of sp³-hybridized carbons (Fsp3) is 0.400. The summed E-state index contributed by atoms with van der Waals surface area (Å²) in [6.45, 7) is 1.67. The minimum Gasteiger partial charge on any atom is -0.281 e. The van der Waals surface area contributed by atoms with Gasteiger partial charge in [0.2, 0.25) is 0 Å². The second kappa shape index (κ2) is 2.65. The van der Waals surface area contributed by atoms with Crippen LogP contribution in [0.25, 0.3) is 0 Å². The van der Waals surface area contributed by atoms with Gasteiger partial charge in [0.25, 0.3) is 6.43 Å². The van der Waals surface area contributed by atoms with E-state index in [4.69, 9.17) is 0 Å². The number of rotatable bonds is 1. The lowest BCUT2D eigenvalue weighted by atomic mass is 10.4. The van der Waals surface area contributed by atoms with Gasteiger partial charge < -0.3 is 0 Å². The number of hydrogen-bond acceptors (Lipinski definition) is 1. The number of aromatic amines is 1. The monoisotopic (exact) mass is 210 g/mol. The summed E-state index contributed by atoms with van der Waals surface area (Å²) in [6.07, 6.45) is -2.51. The van der Waals surface area contributed by atoms with E-state index in [-0.39, 0.29) is 5.69 Å². The van der Waals surface area contributed by atoms with Crippen LogP contribution >= 0.6 is 15.9 Å². The molecular weight excluding hydrogens is 206 g/mol. The summed E-state index contributed by atoms with van der Waals surface area (Å²) in [5.41, 5.74) is 0.396. The highest BCUT2D eigenvalue weighted by atomic mass is 79.9. The van der Waals surface area contributed by atoms with E-state index < -0.39 is 6.43 Å². The molecule has 0 saturated carbocycles. The molecule has 1 heterocycles. The molecule has 1 rings (SSSR count). The van der Waals surface area contributed by atoms with E-state index >= 15 is 0 Å². The summed E-state index contributed by atoms with van der Waals surface area (Å²) in [6, 6.07) is 0. The quantitative estimate of drug-likeness (QED) is 0.758. The number of alkyl halides is 2. The normalized spacial score (nSPS) is 10.9. The molecule has 56 valence electrons. The van der Waals surface area contributed by atoms with Crippen LogP contribution in [0.2, 0.25) is 0 Å². The third-order valence-corrected chi connectivity index (χ3v) is 2.11. The number of aromatic nitrogens is 2. The van der Waals surface area contributed by atoms with Crippen LogP contribution in [0.1, 0.15) is 17.8 Å². The Labute approximate surface area is 64.8 Å². The van der Waals surface area contributed by atoms with Gasteiger partial charge in [-0.1, -0.05) is 0 Å². The molecule has 0 saturated heterocycles. The van der Waals surface area contributed by atoms with E-state index in [1.807, 2.05) is 0 Å². The number of hydrogen-bond donors (Lipinski definition) is 1. The Bertz CT molecular complexity index is 234. The third kappa shape index (κ3) is 1.18. The minimum absolute atomic E-state index is 0.225. The second-order valence-corrected chi connectivity index (χ2v) is 2.64. The smallest absolute Gasteiger partial charge is 0.281 e. The highest BCUT2D eigenvalue weighted by Crippen LogP contribution is 2.26. The molecule has 1 aromatic rings. The van der Waals surface area contributed by atoms with Gasteiger partial charge in [-0.3, -0.25) is 5.10 Å². The first kappa shape index (κ1) is 7.65. The Morgan fingerprint density at radius 3 is 2.40 bits per heavy atom. The summed E-state index contributed by atoms with van der Waals surface area (Å²) in [7, 11) is 0. The predicted octanol–water partition coefficient (Wildman–Crippen LogP) is 2.42. The topological polar surface area (TPSA) is 28.7 Å². The first-order valence-corrected chi connectivity index (χ1v) is 3.40. The Morgan fingerprint density at radius 2 is 2.20 bits per heavy atom. The van der Waals surface area contributed by atoms with Crippen molar-refractivity contribution in [2.45, 2.75) is 13.3 Å². The number of nitrogens with one attached hydrogen (secondary N) is 1. The van der Waals surface area contributed by atoms with Crippen molar-refractivity contribution >= 4 is 15.9 Å². The average molecular weight is 211 g/mol. The van der Waals surface area contributed by atoms with Crippen molar-refractivity contribution in [2.75, 3.05) is 0 Å². The largest absolute Gasteiger partial charge is 0.283 e. The average Bonchev–Trinajstić information content (AvgIpc) is 2.14. The lowest BCUT2D eigenvalue weighted by Crippen LogP contribution is -1.83. The van der Waals surface area contributed by atoms with Crippen molar-refractivity contribution in [3.8, 4) is 0 Å². The van der Waals surface area contributed by atoms with Crippen LogP contribution in [0.15, 0.2) is 4.47 Å². The van der Waals surface area contributed by atoms with Gasteiger partial charge >= 0.3 is 0 Å². The van der Waals surface area contributed by atoms with Crippen molar-refractivity contribution in [1.82, 2.24) is 10.2 Å². The summed E-state index contributed by atoms with van der Waals surface area (Å²) < 4.78 is 24.2. The maximum Gasteiger partial charge on any atom is 0.283 e. The van der Waals surface area contributed by atoms with E-state index in [1.54, 1.807) is 6.92 Å². The molecular formula is C5H5BrF2N2. The summed E-state index contributed by atoms with van der Waals surface area (Å²) in [5.74, 6) is 0. The van der Waals surface area contributed by atoms with Gasteiger partial charge in [-0.15, -0.1) is 0 Å². The minimum atomic E-state index is -2.51. The zero-order valence-electron chi connectivity index (χ0n) is 5.16. The molecule has 0 amide bonds. The molecule has 0 bridgehead atoms. The number of nitrogens with zero attached hydrogens (tertiary/aromatic N) is 1. The number of halogens is 3. The fourth-order valence-electron chi connectivity index (χ4n) is 0.579. The molecule has 2 nitrogen and oxygen atoms in total. The maximum atomic E-state index is 11.9. The SMILES string of the molecule is Cc1[nH]nc(C(F)F)c1Br. The molecule has 0 fully saturated rings. The van der Waals surface area contributed by atoms with Crippen molar-refractivity contribution in [2.24, 2.45) is 0 Å². The summed E-state index contributed by atoms with van der Waals surface area (Å²) >= 11 is 2.98. The number of aryl methyl sites for hydroxylation is 1. The lowest BCUT2D eigenvalue weighted by molar-refractivity contribution is 0.145. The van der Waals surface area contributed by atoms with Crippen LogP contribution in [0.3, 0.4) is 0 Å². The van der Waals surface area contributed by atoms with E-state index in [0.29, 0.717) is 10.2 Å². The van der Waals surface area contributed by atoms with E-state index in [1.165, 1.54) is 0 Å². The highest BCUT2D eigenvalue weighted by molar-refractivity contribution is 9.10. The summed E-state index contributed by atoms with van der Waals surface area (Å²) in [5, 5.41) is 5.83. The van der Waals surface area contributed by atoms with Crippen LogP contribution in [0.4, 0.5) is 8.78 Å². The van der Waals surface area contributed by atoms with Crippen LogP contribution in [-0.2, 0) is 0 Å².